The van der Waals surface area contributed by atoms with E-state index in [0.717, 1.165) is 25.1 Å². The van der Waals surface area contributed by atoms with E-state index in [1.807, 2.05) is 13.0 Å². The molecule has 0 aliphatic carbocycles. The van der Waals surface area contributed by atoms with Crippen LogP contribution < -0.4 is 0 Å². The topological polar surface area (TPSA) is 76.1 Å². The van der Waals surface area contributed by atoms with Crippen molar-refractivity contribution in [2.24, 2.45) is 11.8 Å². The lowest BCUT2D eigenvalue weighted by Gasteiger charge is -2.32. The Balaban J connectivity index is 1.88. The number of cyclic esters (lactones) is 1. The van der Waals surface area contributed by atoms with Crippen LogP contribution in [0.3, 0.4) is 0 Å². The van der Waals surface area contributed by atoms with Gasteiger partial charge >= 0.3 is 11.9 Å². The quantitative estimate of drug-likeness (QED) is 0.574. The van der Waals surface area contributed by atoms with Crippen LogP contribution in [0.5, 0.6) is 0 Å². The van der Waals surface area contributed by atoms with E-state index < -0.39 is 17.5 Å². The summed E-state index contributed by atoms with van der Waals surface area (Å²) >= 11 is 0. The first-order valence-corrected chi connectivity index (χ1v) is 8.87. The Labute approximate surface area is 142 Å². The molecular formula is C18H27NO5. The van der Waals surface area contributed by atoms with Gasteiger partial charge in [-0.15, -0.1) is 0 Å². The van der Waals surface area contributed by atoms with Crippen LogP contribution >= 0.6 is 0 Å². The number of ether oxygens (including phenoxy) is 2. The van der Waals surface area contributed by atoms with E-state index in [1.165, 1.54) is 6.92 Å². The fraction of sp³-hybridized carbons (Fsp3) is 0.778. The molecule has 0 unspecified atom stereocenters. The molecule has 0 aromatic carbocycles. The Kier molecular flexibility index (Phi) is 4.71. The first kappa shape index (κ1) is 17.4. The molecule has 0 aromatic heterocycles. The molecule has 5 atom stereocenters. The van der Waals surface area contributed by atoms with E-state index in [2.05, 4.69) is 4.90 Å². The normalized spacial score (nSPS) is 40.9. The lowest BCUT2D eigenvalue weighted by molar-refractivity contribution is -0.171. The third kappa shape index (κ3) is 2.97. The van der Waals surface area contributed by atoms with E-state index in [4.69, 9.17) is 9.47 Å². The molecule has 0 saturated carbocycles. The zero-order valence-electron chi connectivity index (χ0n) is 14.7. The van der Waals surface area contributed by atoms with Crippen molar-refractivity contribution < 1.29 is 24.2 Å². The zero-order chi connectivity index (χ0) is 17.5. The summed E-state index contributed by atoms with van der Waals surface area (Å²) in [5.41, 5.74) is -0.642. The average molecular weight is 337 g/mol. The second-order valence-electron chi connectivity index (χ2n) is 7.45. The third-order valence-electron chi connectivity index (χ3n) is 5.89. The molecule has 0 aromatic rings. The highest BCUT2D eigenvalue weighted by Gasteiger charge is 2.45. The fourth-order valence-electron chi connectivity index (χ4n) is 3.95. The lowest BCUT2D eigenvalue weighted by atomic mass is 9.82. The van der Waals surface area contributed by atoms with Crippen molar-refractivity contribution in [2.45, 2.75) is 57.8 Å². The Morgan fingerprint density at radius 3 is 2.88 bits per heavy atom. The van der Waals surface area contributed by atoms with Crippen molar-refractivity contribution in [3.63, 3.8) is 0 Å². The van der Waals surface area contributed by atoms with E-state index in [0.29, 0.717) is 12.8 Å². The van der Waals surface area contributed by atoms with Crippen molar-refractivity contribution in [2.75, 3.05) is 19.7 Å². The predicted molar refractivity (Wildman–Crippen MR) is 87.1 cm³/mol. The van der Waals surface area contributed by atoms with Gasteiger partial charge < -0.3 is 14.6 Å². The molecule has 134 valence electrons. The highest BCUT2D eigenvalue weighted by molar-refractivity contribution is 5.79. The van der Waals surface area contributed by atoms with E-state index >= 15 is 0 Å². The molecule has 1 N–H and O–H groups in total. The number of esters is 2. The minimum atomic E-state index is -1.61. The van der Waals surface area contributed by atoms with E-state index in [1.54, 1.807) is 6.92 Å². The summed E-state index contributed by atoms with van der Waals surface area (Å²) in [4.78, 5) is 27.2. The number of rotatable bonds is 1. The minimum Gasteiger partial charge on any atom is -0.460 e. The van der Waals surface area contributed by atoms with Crippen LogP contribution in [0.1, 0.15) is 40.0 Å². The molecule has 0 spiro atoms. The van der Waals surface area contributed by atoms with Crippen LogP contribution in [0, 0.1) is 11.8 Å². The van der Waals surface area contributed by atoms with Crippen LogP contribution in [0.2, 0.25) is 0 Å². The maximum absolute atomic E-state index is 12.6. The Bertz CT molecular complexity index is 556. The lowest BCUT2D eigenvalue weighted by Crippen LogP contribution is -2.46. The summed E-state index contributed by atoms with van der Waals surface area (Å²) < 4.78 is 11.2. The standard InChI is InChI=1S/C18H27NO5/c1-4-12-9-11(2)18(3,22)17(21)23-10-13-5-7-19-8-6-14(15(13)19)24-16(12)20/h5,11-12,14-15,22H,4,6-10H2,1-3H3/t11-,12+,14-,15-,18+/m1/s1. The molecular weight excluding hydrogens is 310 g/mol. The largest absolute Gasteiger partial charge is 0.460 e. The summed E-state index contributed by atoms with van der Waals surface area (Å²) in [5, 5.41) is 10.6. The van der Waals surface area contributed by atoms with Gasteiger partial charge in [0, 0.05) is 13.1 Å². The molecule has 0 radical (unpaired) electrons. The maximum atomic E-state index is 12.6. The van der Waals surface area contributed by atoms with Gasteiger partial charge in [0.1, 0.15) is 12.7 Å². The van der Waals surface area contributed by atoms with E-state index in [-0.39, 0.29) is 30.6 Å². The van der Waals surface area contributed by atoms with E-state index in [9.17, 15) is 14.7 Å². The molecule has 24 heavy (non-hydrogen) atoms. The second kappa shape index (κ2) is 6.48. The molecule has 3 aliphatic heterocycles. The Morgan fingerprint density at radius 2 is 2.17 bits per heavy atom. The van der Waals surface area contributed by atoms with Gasteiger partial charge in [0.05, 0.1) is 12.0 Å². The van der Waals surface area contributed by atoms with Gasteiger partial charge in [-0.05, 0) is 37.7 Å². The van der Waals surface area contributed by atoms with Gasteiger partial charge in [0.2, 0.25) is 0 Å². The van der Waals surface area contributed by atoms with Crippen LogP contribution in [0.25, 0.3) is 0 Å². The highest BCUT2D eigenvalue weighted by atomic mass is 16.6. The minimum absolute atomic E-state index is 0.000977. The Morgan fingerprint density at radius 1 is 1.42 bits per heavy atom. The summed E-state index contributed by atoms with van der Waals surface area (Å²) in [6.07, 6.45) is 3.71. The van der Waals surface area contributed by atoms with Crippen LogP contribution in [-0.4, -0.2) is 59.4 Å². The molecule has 2 saturated heterocycles. The second-order valence-corrected chi connectivity index (χ2v) is 7.45. The molecule has 6 nitrogen and oxygen atoms in total. The first-order valence-electron chi connectivity index (χ1n) is 8.87. The number of hydrogen-bond acceptors (Lipinski definition) is 6. The summed E-state index contributed by atoms with van der Waals surface area (Å²) in [5.74, 6) is -1.54. The van der Waals surface area contributed by atoms with Gasteiger partial charge in [0.25, 0.3) is 0 Å². The van der Waals surface area contributed by atoms with Gasteiger partial charge in [-0.2, -0.15) is 0 Å². The fourth-order valence-corrected chi connectivity index (χ4v) is 3.95. The third-order valence-corrected chi connectivity index (χ3v) is 5.89. The van der Waals surface area contributed by atoms with Gasteiger partial charge in [-0.3, -0.25) is 9.69 Å². The summed E-state index contributed by atoms with van der Waals surface area (Å²) in [6, 6.07) is 0.000977. The predicted octanol–water partition coefficient (Wildman–Crippen LogP) is 1.27. The highest BCUT2D eigenvalue weighted by Crippen LogP contribution is 2.34. The molecule has 0 amide bonds. The van der Waals surface area contributed by atoms with Crippen LogP contribution in [0.4, 0.5) is 0 Å². The molecule has 0 bridgehead atoms. The molecule has 6 heteroatoms. The van der Waals surface area contributed by atoms with Gasteiger partial charge in [0.15, 0.2) is 5.60 Å². The number of carbonyl (C=O) groups is 2. The Hall–Kier alpha value is -1.40. The number of aliphatic hydroxyl groups is 1. The molecule has 3 aliphatic rings. The van der Waals surface area contributed by atoms with Crippen molar-refractivity contribution in [1.29, 1.82) is 0 Å². The van der Waals surface area contributed by atoms with Crippen LogP contribution in [0.15, 0.2) is 11.6 Å². The number of carbonyl (C=O) groups excluding carboxylic acids is 2. The first-order chi connectivity index (χ1) is 11.3. The van der Waals surface area contributed by atoms with Gasteiger partial charge in [-0.25, -0.2) is 4.79 Å². The van der Waals surface area contributed by atoms with Gasteiger partial charge in [-0.1, -0.05) is 19.9 Å². The SMILES string of the molecule is CC[C@H]1C[C@@H](C)[C@](C)(O)C(=O)OCC2=CCN3CC[C@@H](OC1=O)[C@@H]23. The maximum Gasteiger partial charge on any atom is 0.338 e. The molecule has 3 rings (SSSR count). The van der Waals surface area contributed by atoms with Crippen molar-refractivity contribution in [3.8, 4) is 0 Å². The van der Waals surface area contributed by atoms with Crippen molar-refractivity contribution >= 4 is 11.9 Å². The monoisotopic (exact) mass is 337 g/mol. The van der Waals surface area contributed by atoms with Crippen molar-refractivity contribution in [3.05, 3.63) is 11.6 Å². The summed E-state index contributed by atoms with van der Waals surface area (Å²) in [7, 11) is 0. The summed E-state index contributed by atoms with van der Waals surface area (Å²) in [6.45, 7) is 6.99. The number of nitrogens with zero attached hydrogens (tertiary/aromatic N) is 1. The van der Waals surface area contributed by atoms with Crippen molar-refractivity contribution in [1.82, 2.24) is 4.90 Å². The molecule has 2 fully saturated rings. The number of hydrogen-bond donors (Lipinski definition) is 1. The smallest absolute Gasteiger partial charge is 0.338 e. The average Bonchev–Trinajstić information content (AvgIpc) is 3.12. The zero-order valence-corrected chi connectivity index (χ0v) is 14.7. The van der Waals surface area contributed by atoms with Crippen LogP contribution in [-0.2, 0) is 19.1 Å². The molecule has 3 heterocycles.